The number of amides is 1. The summed E-state index contributed by atoms with van der Waals surface area (Å²) >= 11 is 0. The van der Waals surface area contributed by atoms with Gasteiger partial charge in [0.25, 0.3) is 11.5 Å². The van der Waals surface area contributed by atoms with Crippen LogP contribution >= 0.6 is 0 Å². The fourth-order valence-electron chi connectivity index (χ4n) is 1.64. The molecule has 1 fully saturated rings. The maximum Gasteiger partial charge on any atom is 0.274 e. The monoisotopic (exact) mass is 237 g/mol. The summed E-state index contributed by atoms with van der Waals surface area (Å²) < 4.78 is 4.98. The molecular formula is C11H15N3O3. The molecule has 1 heterocycles. The van der Waals surface area contributed by atoms with Gasteiger partial charge in [0.2, 0.25) is 0 Å². The van der Waals surface area contributed by atoms with E-state index in [4.69, 9.17) is 4.74 Å². The highest BCUT2D eigenvalue weighted by Crippen LogP contribution is 2.27. The number of ether oxygens (including phenoxy) is 1. The van der Waals surface area contributed by atoms with Crippen molar-refractivity contribution in [2.24, 2.45) is 0 Å². The molecule has 1 saturated carbocycles. The van der Waals surface area contributed by atoms with Gasteiger partial charge in [0.05, 0.1) is 6.61 Å². The summed E-state index contributed by atoms with van der Waals surface area (Å²) in [5.74, 6) is -0.152. The zero-order chi connectivity index (χ0) is 12.3. The molecule has 1 amide bonds. The number of carbonyl (C=O) groups is 1. The first-order valence-corrected chi connectivity index (χ1v) is 5.58. The molecule has 17 heavy (non-hydrogen) atoms. The van der Waals surface area contributed by atoms with E-state index in [0.29, 0.717) is 19.2 Å². The van der Waals surface area contributed by atoms with Gasteiger partial charge in [-0.1, -0.05) is 0 Å². The number of aromatic nitrogens is 2. The first kappa shape index (κ1) is 11.8. The lowest BCUT2D eigenvalue weighted by molar-refractivity contribution is 0.0673. The van der Waals surface area contributed by atoms with Crippen LogP contribution in [0.1, 0.15) is 23.3 Å². The van der Waals surface area contributed by atoms with Crippen LogP contribution in [0, 0.1) is 0 Å². The van der Waals surface area contributed by atoms with Crippen molar-refractivity contribution in [2.75, 3.05) is 20.3 Å². The maximum absolute atomic E-state index is 12.1. The van der Waals surface area contributed by atoms with Crippen LogP contribution in [0.2, 0.25) is 0 Å². The summed E-state index contributed by atoms with van der Waals surface area (Å²) in [7, 11) is 1.60. The number of H-pyrrole nitrogens is 1. The SMILES string of the molecule is COCCN(C(=O)c1ccc(=O)[nH]n1)C1CC1. The minimum atomic E-state index is -0.309. The van der Waals surface area contributed by atoms with Crippen LogP contribution in [0.15, 0.2) is 16.9 Å². The van der Waals surface area contributed by atoms with E-state index < -0.39 is 0 Å². The van der Waals surface area contributed by atoms with E-state index in [-0.39, 0.29) is 17.2 Å². The van der Waals surface area contributed by atoms with Gasteiger partial charge in [-0.05, 0) is 18.9 Å². The zero-order valence-electron chi connectivity index (χ0n) is 9.68. The van der Waals surface area contributed by atoms with E-state index in [9.17, 15) is 9.59 Å². The minimum Gasteiger partial charge on any atom is -0.383 e. The maximum atomic E-state index is 12.1. The molecule has 0 spiro atoms. The molecule has 1 aliphatic rings. The Kier molecular flexibility index (Phi) is 3.53. The van der Waals surface area contributed by atoms with Crippen molar-refractivity contribution in [1.29, 1.82) is 0 Å². The molecule has 0 atom stereocenters. The highest BCUT2D eigenvalue weighted by Gasteiger charge is 2.33. The Bertz CT molecular complexity index is 433. The van der Waals surface area contributed by atoms with Crippen LogP contribution in [-0.4, -0.2) is 47.3 Å². The minimum absolute atomic E-state index is 0.152. The summed E-state index contributed by atoms with van der Waals surface area (Å²) in [5, 5.41) is 6.01. The summed E-state index contributed by atoms with van der Waals surface area (Å²) in [6, 6.07) is 3.05. The smallest absolute Gasteiger partial charge is 0.274 e. The average Bonchev–Trinajstić information content (AvgIpc) is 3.14. The van der Waals surface area contributed by atoms with Gasteiger partial charge in [0.1, 0.15) is 5.69 Å². The van der Waals surface area contributed by atoms with Crippen molar-refractivity contribution in [3.8, 4) is 0 Å². The Labute approximate surface area is 98.6 Å². The molecule has 0 radical (unpaired) electrons. The second-order valence-corrected chi connectivity index (χ2v) is 4.03. The van der Waals surface area contributed by atoms with Gasteiger partial charge in [0.15, 0.2) is 0 Å². The lowest BCUT2D eigenvalue weighted by Gasteiger charge is -2.21. The van der Waals surface area contributed by atoms with Crippen molar-refractivity contribution in [1.82, 2.24) is 15.1 Å². The third-order valence-electron chi connectivity index (χ3n) is 2.68. The number of hydrogen-bond acceptors (Lipinski definition) is 4. The summed E-state index contributed by atoms with van der Waals surface area (Å²) in [4.78, 5) is 24.8. The first-order valence-electron chi connectivity index (χ1n) is 5.58. The average molecular weight is 237 g/mol. The van der Waals surface area contributed by atoms with E-state index in [2.05, 4.69) is 10.2 Å². The van der Waals surface area contributed by atoms with Crippen LogP contribution in [-0.2, 0) is 4.74 Å². The Morgan fingerprint density at radius 2 is 2.35 bits per heavy atom. The normalized spacial score (nSPS) is 14.6. The zero-order valence-corrected chi connectivity index (χ0v) is 9.68. The van der Waals surface area contributed by atoms with Crippen LogP contribution in [0.25, 0.3) is 0 Å². The number of rotatable bonds is 5. The van der Waals surface area contributed by atoms with Crippen molar-refractivity contribution in [3.05, 3.63) is 28.2 Å². The largest absolute Gasteiger partial charge is 0.383 e. The van der Waals surface area contributed by atoms with Gasteiger partial charge in [0, 0.05) is 25.8 Å². The van der Waals surface area contributed by atoms with Crippen LogP contribution in [0.4, 0.5) is 0 Å². The molecule has 0 aliphatic heterocycles. The molecule has 0 bridgehead atoms. The second kappa shape index (κ2) is 5.09. The lowest BCUT2D eigenvalue weighted by Crippen LogP contribution is -2.36. The van der Waals surface area contributed by atoms with Gasteiger partial charge < -0.3 is 9.64 Å². The fourth-order valence-corrected chi connectivity index (χ4v) is 1.64. The fraction of sp³-hybridized carbons (Fsp3) is 0.545. The van der Waals surface area contributed by atoms with E-state index >= 15 is 0 Å². The van der Waals surface area contributed by atoms with Crippen LogP contribution < -0.4 is 5.56 Å². The molecule has 6 heteroatoms. The third kappa shape index (κ3) is 2.91. The van der Waals surface area contributed by atoms with Crippen LogP contribution in [0.5, 0.6) is 0 Å². The molecule has 1 aliphatic carbocycles. The van der Waals surface area contributed by atoms with E-state index in [1.165, 1.54) is 12.1 Å². The van der Waals surface area contributed by atoms with Crippen molar-refractivity contribution in [3.63, 3.8) is 0 Å². The standard InChI is InChI=1S/C11H15N3O3/c1-17-7-6-14(8-2-3-8)11(16)9-4-5-10(15)13-12-9/h4-5,8H,2-3,6-7H2,1H3,(H,13,15). The number of aromatic amines is 1. The highest BCUT2D eigenvalue weighted by atomic mass is 16.5. The molecule has 2 rings (SSSR count). The molecule has 1 aromatic rings. The number of hydrogen-bond donors (Lipinski definition) is 1. The van der Waals surface area contributed by atoms with Gasteiger partial charge in [-0.25, -0.2) is 5.10 Å². The predicted octanol–water partition coefficient (Wildman–Crippen LogP) is 0.0209. The molecule has 0 saturated heterocycles. The Morgan fingerprint density at radius 3 is 2.88 bits per heavy atom. The van der Waals surface area contributed by atoms with Crippen molar-refractivity contribution in [2.45, 2.75) is 18.9 Å². The Balaban J connectivity index is 2.09. The summed E-state index contributed by atoms with van der Waals surface area (Å²) in [6.07, 6.45) is 2.05. The molecule has 92 valence electrons. The Morgan fingerprint density at radius 1 is 1.59 bits per heavy atom. The molecule has 1 aromatic heterocycles. The van der Waals surface area contributed by atoms with Gasteiger partial charge in [-0.3, -0.25) is 9.59 Å². The quantitative estimate of drug-likeness (QED) is 0.783. The summed E-state index contributed by atoms with van der Waals surface area (Å²) in [5.41, 5.74) is -0.0379. The van der Waals surface area contributed by atoms with Crippen LogP contribution in [0.3, 0.4) is 0 Å². The van der Waals surface area contributed by atoms with Gasteiger partial charge in [-0.2, -0.15) is 5.10 Å². The number of nitrogens with zero attached hydrogens (tertiary/aromatic N) is 2. The van der Waals surface area contributed by atoms with E-state index in [1.54, 1.807) is 12.0 Å². The highest BCUT2D eigenvalue weighted by molar-refractivity contribution is 5.92. The second-order valence-electron chi connectivity index (χ2n) is 4.03. The van der Waals surface area contributed by atoms with Gasteiger partial charge in [-0.15, -0.1) is 0 Å². The lowest BCUT2D eigenvalue weighted by atomic mass is 10.3. The van der Waals surface area contributed by atoms with Crippen molar-refractivity contribution >= 4 is 5.91 Å². The molecule has 1 N–H and O–H groups in total. The third-order valence-corrected chi connectivity index (χ3v) is 2.68. The molecular weight excluding hydrogens is 222 g/mol. The number of methoxy groups -OCH3 is 1. The molecule has 0 aromatic carbocycles. The topological polar surface area (TPSA) is 75.3 Å². The first-order chi connectivity index (χ1) is 8.22. The number of carbonyl (C=O) groups excluding carboxylic acids is 1. The Hall–Kier alpha value is -1.69. The van der Waals surface area contributed by atoms with E-state index in [1.807, 2.05) is 0 Å². The van der Waals surface area contributed by atoms with Crippen molar-refractivity contribution < 1.29 is 9.53 Å². The number of nitrogens with one attached hydrogen (secondary N) is 1. The molecule has 0 unspecified atom stereocenters. The predicted molar refractivity (Wildman–Crippen MR) is 60.8 cm³/mol. The molecule has 6 nitrogen and oxygen atoms in total. The van der Waals surface area contributed by atoms with Gasteiger partial charge >= 0.3 is 0 Å². The van der Waals surface area contributed by atoms with E-state index in [0.717, 1.165) is 12.8 Å². The summed E-state index contributed by atoms with van der Waals surface area (Å²) in [6.45, 7) is 1.06.